The third kappa shape index (κ3) is 3.16. The minimum atomic E-state index is -0.140. The van der Waals surface area contributed by atoms with Gasteiger partial charge >= 0.3 is 0 Å². The number of aryl methyl sites for hydroxylation is 1. The van der Waals surface area contributed by atoms with Gasteiger partial charge in [0.2, 0.25) is 0 Å². The third-order valence-electron chi connectivity index (χ3n) is 5.06. The van der Waals surface area contributed by atoms with Crippen LogP contribution >= 0.6 is 11.3 Å². The number of rotatable bonds is 4. The zero-order valence-corrected chi connectivity index (χ0v) is 13.8. The van der Waals surface area contributed by atoms with Crippen LogP contribution in [0.25, 0.3) is 0 Å². The van der Waals surface area contributed by atoms with Crippen LogP contribution < -0.4 is 0 Å². The number of thiophene rings is 1. The molecular formula is C17H25NO2S. The predicted octanol–water partition coefficient (Wildman–Crippen LogP) is 3.11. The molecule has 0 aromatic carbocycles. The van der Waals surface area contributed by atoms with E-state index in [1.807, 2.05) is 11.9 Å². The van der Waals surface area contributed by atoms with Crippen molar-refractivity contribution in [1.82, 2.24) is 4.90 Å². The Morgan fingerprint density at radius 1 is 1.43 bits per heavy atom. The molecule has 0 spiro atoms. The van der Waals surface area contributed by atoms with Crippen LogP contribution in [-0.2, 0) is 12.8 Å². The van der Waals surface area contributed by atoms with Crippen LogP contribution in [0.3, 0.4) is 0 Å². The van der Waals surface area contributed by atoms with E-state index in [4.69, 9.17) is 0 Å². The first-order valence-corrected chi connectivity index (χ1v) is 8.93. The van der Waals surface area contributed by atoms with Gasteiger partial charge in [0.25, 0.3) is 5.91 Å². The molecule has 3 rings (SSSR count). The first kappa shape index (κ1) is 15.0. The van der Waals surface area contributed by atoms with Gasteiger partial charge in [0.15, 0.2) is 0 Å². The van der Waals surface area contributed by atoms with Crippen molar-refractivity contribution in [2.75, 3.05) is 13.6 Å². The second-order valence-corrected chi connectivity index (χ2v) is 7.89. The summed E-state index contributed by atoms with van der Waals surface area (Å²) < 4.78 is 0. The Labute approximate surface area is 131 Å². The van der Waals surface area contributed by atoms with Gasteiger partial charge in [-0.2, -0.15) is 0 Å². The fraction of sp³-hybridized carbons (Fsp3) is 0.706. The van der Waals surface area contributed by atoms with E-state index in [-0.39, 0.29) is 12.0 Å². The summed E-state index contributed by atoms with van der Waals surface area (Å²) in [5.74, 6) is 1.43. The summed E-state index contributed by atoms with van der Waals surface area (Å²) in [4.78, 5) is 16.7. The van der Waals surface area contributed by atoms with Crippen molar-refractivity contribution < 1.29 is 9.90 Å². The highest BCUT2D eigenvalue weighted by molar-refractivity contribution is 7.14. The van der Waals surface area contributed by atoms with Crippen LogP contribution in [-0.4, -0.2) is 35.6 Å². The highest BCUT2D eigenvalue weighted by atomic mass is 32.1. The maximum absolute atomic E-state index is 12.5. The molecule has 0 radical (unpaired) electrons. The Morgan fingerprint density at radius 3 is 2.86 bits per heavy atom. The third-order valence-corrected chi connectivity index (χ3v) is 6.29. The van der Waals surface area contributed by atoms with E-state index < -0.39 is 0 Å². The number of fused-ring (bicyclic) bond motifs is 1. The van der Waals surface area contributed by atoms with Crippen molar-refractivity contribution in [3.8, 4) is 0 Å². The van der Waals surface area contributed by atoms with Crippen LogP contribution in [0.5, 0.6) is 0 Å². The average Bonchev–Trinajstić information content (AvgIpc) is 2.87. The summed E-state index contributed by atoms with van der Waals surface area (Å²) in [5, 5.41) is 9.34. The van der Waals surface area contributed by atoms with Crippen molar-refractivity contribution in [3.05, 3.63) is 21.4 Å². The van der Waals surface area contributed by atoms with E-state index in [2.05, 4.69) is 13.0 Å². The summed E-state index contributed by atoms with van der Waals surface area (Å²) in [7, 11) is 1.89. The molecule has 1 unspecified atom stereocenters. The van der Waals surface area contributed by atoms with Gasteiger partial charge in [0.05, 0.1) is 11.0 Å². The van der Waals surface area contributed by atoms with Crippen LogP contribution in [0.1, 0.15) is 52.7 Å². The topological polar surface area (TPSA) is 40.5 Å². The predicted molar refractivity (Wildman–Crippen MR) is 85.8 cm³/mol. The smallest absolute Gasteiger partial charge is 0.263 e. The molecule has 2 aliphatic carbocycles. The van der Waals surface area contributed by atoms with E-state index in [1.165, 1.54) is 23.3 Å². The number of carbonyl (C=O) groups excluding carboxylic acids is 1. The minimum absolute atomic E-state index is 0.140. The van der Waals surface area contributed by atoms with E-state index in [0.29, 0.717) is 5.92 Å². The van der Waals surface area contributed by atoms with Crippen molar-refractivity contribution in [2.24, 2.45) is 11.8 Å². The standard InChI is InChI=1S/C17H25NO2S/c1-3-11-4-5-15-13(6-11)9-16(21-15)17(20)18(2)10-12-7-14(19)8-12/h9,11-12,14,19H,3-8,10H2,1-2H3. The largest absolute Gasteiger partial charge is 0.393 e. The van der Waals surface area contributed by atoms with E-state index in [1.54, 1.807) is 11.3 Å². The van der Waals surface area contributed by atoms with Gasteiger partial charge in [-0.1, -0.05) is 13.3 Å². The molecule has 1 fully saturated rings. The molecule has 4 heteroatoms. The molecule has 2 aliphatic rings. The Hall–Kier alpha value is -0.870. The molecule has 1 N–H and O–H groups in total. The molecule has 1 saturated carbocycles. The van der Waals surface area contributed by atoms with Crippen LogP contribution in [0.15, 0.2) is 6.07 Å². The molecule has 1 amide bonds. The van der Waals surface area contributed by atoms with Crippen LogP contribution in [0.2, 0.25) is 0 Å². The molecule has 1 atom stereocenters. The van der Waals surface area contributed by atoms with Gasteiger partial charge < -0.3 is 10.0 Å². The van der Waals surface area contributed by atoms with Crippen LogP contribution in [0.4, 0.5) is 0 Å². The normalized spacial score (nSPS) is 27.9. The molecule has 1 aromatic rings. The lowest BCUT2D eigenvalue weighted by atomic mass is 9.82. The van der Waals surface area contributed by atoms with Gasteiger partial charge in [-0.25, -0.2) is 0 Å². The molecule has 1 heterocycles. The monoisotopic (exact) mass is 307 g/mol. The second-order valence-electron chi connectivity index (χ2n) is 6.75. The minimum Gasteiger partial charge on any atom is -0.393 e. The fourth-order valence-corrected chi connectivity index (χ4v) is 4.76. The molecule has 116 valence electrons. The summed E-state index contributed by atoms with van der Waals surface area (Å²) in [5.41, 5.74) is 1.41. The van der Waals surface area contributed by atoms with Gasteiger partial charge in [-0.05, 0) is 55.6 Å². The number of hydrogen-bond acceptors (Lipinski definition) is 3. The SMILES string of the molecule is CCC1CCc2sc(C(=O)N(C)CC3CC(O)C3)cc2C1. The van der Waals surface area contributed by atoms with Crippen LogP contribution in [0, 0.1) is 11.8 Å². The molecule has 21 heavy (non-hydrogen) atoms. The number of carbonyl (C=O) groups is 1. The zero-order valence-electron chi connectivity index (χ0n) is 13.0. The second kappa shape index (κ2) is 6.09. The Balaban J connectivity index is 1.64. The quantitative estimate of drug-likeness (QED) is 0.928. The lowest BCUT2D eigenvalue weighted by Gasteiger charge is -2.34. The molecule has 3 nitrogen and oxygen atoms in total. The average molecular weight is 307 g/mol. The highest BCUT2D eigenvalue weighted by Gasteiger charge is 2.30. The lowest BCUT2D eigenvalue weighted by molar-refractivity contribution is 0.0266. The summed E-state index contributed by atoms with van der Waals surface area (Å²) >= 11 is 1.70. The number of aliphatic hydroxyl groups excluding tert-OH is 1. The Bertz CT molecular complexity index is 519. The van der Waals surface area contributed by atoms with Crippen molar-refractivity contribution >= 4 is 17.2 Å². The van der Waals surface area contributed by atoms with E-state index >= 15 is 0 Å². The summed E-state index contributed by atoms with van der Waals surface area (Å²) in [6.45, 7) is 3.03. The molecular weight excluding hydrogens is 282 g/mol. The zero-order chi connectivity index (χ0) is 15.0. The number of nitrogens with zero attached hydrogens (tertiary/aromatic N) is 1. The fourth-order valence-electron chi connectivity index (χ4n) is 3.56. The molecule has 0 bridgehead atoms. The van der Waals surface area contributed by atoms with Crippen molar-refractivity contribution in [1.29, 1.82) is 0 Å². The number of amides is 1. The van der Waals surface area contributed by atoms with Crippen molar-refractivity contribution in [3.63, 3.8) is 0 Å². The maximum atomic E-state index is 12.5. The van der Waals surface area contributed by atoms with Gasteiger partial charge in [-0.3, -0.25) is 4.79 Å². The molecule has 0 aliphatic heterocycles. The number of hydrogen-bond donors (Lipinski definition) is 1. The van der Waals surface area contributed by atoms with Crippen molar-refractivity contribution in [2.45, 2.75) is 51.6 Å². The molecule has 0 saturated heterocycles. The Kier molecular flexibility index (Phi) is 4.36. The molecule has 1 aromatic heterocycles. The first-order valence-electron chi connectivity index (χ1n) is 8.12. The highest BCUT2D eigenvalue weighted by Crippen LogP contribution is 2.34. The Morgan fingerprint density at radius 2 is 2.19 bits per heavy atom. The summed E-state index contributed by atoms with van der Waals surface area (Å²) in [6, 6.07) is 2.14. The van der Waals surface area contributed by atoms with Gasteiger partial charge in [-0.15, -0.1) is 11.3 Å². The first-order chi connectivity index (χ1) is 10.1. The van der Waals surface area contributed by atoms with Gasteiger partial charge in [0.1, 0.15) is 0 Å². The van der Waals surface area contributed by atoms with Gasteiger partial charge in [0, 0.05) is 18.5 Å². The maximum Gasteiger partial charge on any atom is 0.263 e. The summed E-state index contributed by atoms with van der Waals surface area (Å²) in [6.07, 6.45) is 6.35. The van der Waals surface area contributed by atoms with E-state index in [0.717, 1.165) is 43.0 Å². The number of aliphatic hydroxyl groups is 1. The van der Waals surface area contributed by atoms with E-state index in [9.17, 15) is 9.90 Å². The lowest BCUT2D eigenvalue weighted by Crippen LogP contribution is -2.39.